The van der Waals surface area contributed by atoms with Crippen molar-refractivity contribution in [3.8, 4) is 0 Å². The number of benzene rings is 1. The summed E-state index contributed by atoms with van der Waals surface area (Å²) in [5, 5.41) is 0. The summed E-state index contributed by atoms with van der Waals surface area (Å²) >= 11 is 0. The van der Waals surface area contributed by atoms with Gasteiger partial charge in [0.15, 0.2) is 0 Å². The van der Waals surface area contributed by atoms with Gasteiger partial charge in [-0.15, -0.1) is 12.1 Å². The molecule has 1 aromatic rings. The number of carbonyl (C=O) groups excluding carboxylic acids is 1. The Morgan fingerprint density at radius 3 is 2.50 bits per heavy atom. The molecule has 1 amide bonds. The van der Waals surface area contributed by atoms with Gasteiger partial charge in [-0.1, -0.05) is 12.6 Å². The van der Waals surface area contributed by atoms with Gasteiger partial charge >= 0.3 is 51.4 Å². The average molecular weight is 296 g/mol. The molecule has 0 atom stereocenters. The van der Waals surface area contributed by atoms with Crippen LogP contribution in [0.25, 0.3) is 0 Å². The van der Waals surface area contributed by atoms with Crippen molar-refractivity contribution in [2.45, 2.75) is 26.2 Å². The number of nitrogens with zero attached hydrogens (tertiary/aromatic N) is 2. The van der Waals surface area contributed by atoms with E-state index >= 15 is 0 Å². The zero-order valence-corrected chi connectivity index (χ0v) is 15.7. The maximum atomic E-state index is 12.3. The Hall–Kier alpha value is 0.286. The van der Waals surface area contributed by atoms with E-state index in [2.05, 4.69) is 17.9 Å². The molecule has 0 aromatic heterocycles. The van der Waals surface area contributed by atoms with E-state index in [1.807, 2.05) is 29.2 Å². The molecule has 4 heteroatoms. The van der Waals surface area contributed by atoms with Crippen molar-refractivity contribution in [3.05, 3.63) is 30.3 Å². The Labute approximate surface area is 164 Å². The standard InChI is InChI=1S/C16H21N2O.K/c1-2-17-10-8-16(9-11-17)12-15(19)18(13-16)14-6-4-3-5-7-14;/h4-7H,2,8-13H2,1H3;/q-1;+1. The van der Waals surface area contributed by atoms with E-state index in [1.165, 1.54) is 0 Å². The predicted octanol–water partition coefficient (Wildman–Crippen LogP) is -0.670. The molecular weight excluding hydrogens is 275 g/mol. The molecule has 2 aliphatic heterocycles. The van der Waals surface area contributed by atoms with Crippen LogP contribution in [0, 0.1) is 11.5 Å². The van der Waals surface area contributed by atoms with Gasteiger partial charge in [0.05, 0.1) is 0 Å². The number of rotatable bonds is 2. The largest absolute Gasteiger partial charge is 1.00 e. The van der Waals surface area contributed by atoms with Gasteiger partial charge in [-0.25, -0.2) is 0 Å². The van der Waals surface area contributed by atoms with Crippen molar-refractivity contribution in [1.29, 1.82) is 0 Å². The van der Waals surface area contributed by atoms with Gasteiger partial charge < -0.3 is 9.80 Å². The van der Waals surface area contributed by atoms with Crippen LogP contribution >= 0.6 is 0 Å². The Kier molecular flexibility index (Phi) is 5.85. The summed E-state index contributed by atoms with van der Waals surface area (Å²) in [6.45, 7) is 6.51. The molecule has 0 radical (unpaired) electrons. The predicted molar refractivity (Wildman–Crippen MR) is 76.0 cm³/mol. The number of hydrogen-bond donors (Lipinski definition) is 0. The molecule has 3 nitrogen and oxygen atoms in total. The molecule has 0 saturated carbocycles. The second kappa shape index (κ2) is 7.03. The van der Waals surface area contributed by atoms with E-state index in [1.54, 1.807) is 0 Å². The van der Waals surface area contributed by atoms with Gasteiger partial charge in [-0.2, -0.15) is 18.2 Å². The number of hydrogen-bond acceptors (Lipinski definition) is 2. The first-order chi connectivity index (χ1) is 9.22. The van der Waals surface area contributed by atoms with E-state index in [9.17, 15) is 4.79 Å². The van der Waals surface area contributed by atoms with Crippen molar-refractivity contribution in [1.82, 2.24) is 4.90 Å². The molecule has 0 bridgehead atoms. The molecule has 20 heavy (non-hydrogen) atoms. The maximum Gasteiger partial charge on any atom is 1.00 e. The topological polar surface area (TPSA) is 23.6 Å². The fourth-order valence-electron chi connectivity index (χ4n) is 3.37. The Balaban J connectivity index is 0.00000147. The van der Waals surface area contributed by atoms with Gasteiger partial charge in [0.2, 0.25) is 5.91 Å². The fourth-order valence-corrected chi connectivity index (χ4v) is 3.37. The molecule has 2 saturated heterocycles. The quantitative estimate of drug-likeness (QED) is 0.534. The number of amides is 1. The van der Waals surface area contributed by atoms with Crippen LogP contribution in [0.3, 0.4) is 0 Å². The summed E-state index contributed by atoms with van der Waals surface area (Å²) in [4.78, 5) is 16.8. The van der Waals surface area contributed by atoms with E-state index in [0.29, 0.717) is 0 Å². The number of piperidine rings is 1. The minimum Gasteiger partial charge on any atom is -0.335 e. The minimum absolute atomic E-state index is 0. The molecular formula is C16H21KN2O. The number of likely N-dealkylation sites (tertiary alicyclic amines) is 1. The van der Waals surface area contributed by atoms with Crippen LogP contribution in [0.2, 0.25) is 0 Å². The van der Waals surface area contributed by atoms with Gasteiger partial charge in [-0.3, -0.25) is 4.79 Å². The van der Waals surface area contributed by atoms with E-state index in [0.717, 1.165) is 51.1 Å². The van der Waals surface area contributed by atoms with Crippen molar-refractivity contribution < 1.29 is 56.2 Å². The van der Waals surface area contributed by atoms with Crippen LogP contribution in [0.5, 0.6) is 0 Å². The Bertz CT molecular complexity index is 455. The van der Waals surface area contributed by atoms with Crippen molar-refractivity contribution in [3.63, 3.8) is 0 Å². The Morgan fingerprint density at radius 1 is 1.25 bits per heavy atom. The summed E-state index contributed by atoms with van der Waals surface area (Å²) in [6.07, 6.45) is 3.03. The third kappa shape index (κ3) is 3.37. The average Bonchev–Trinajstić information content (AvgIpc) is 2.77. The maximum absolute atomic E-state index is 12.3. The van der Waals surface area contributed by atoms with Crippen LogP contribution in [0.15, 0.2) is 24.3 Å². The van der Waals surface area contributed by atoms with Gasteiger partial charge in [0.25, 0.3) is 0 Å². The van der Waals surface area contributed by atoms with Crippen molar-refractivity contribution >= 4 is 11.6 Å². The molecule has 2 aliphatic rings. The third-order valence-electron chi connectivity index (χ3n) is 4.70. The molecule has 1 aromatic carbocycles. The monoisotopic (exact) mass is 296 g/mol. The summed E-state index contributed by atoms with van der Waals surface area (Å²) in [6, 6.07) is 10.7. The Morgan fingerprint density at radius 2 is 1.90 bits per heavy atom. The van der Waals surface area contributed by atoms with Crippen LogP contribution in [0.4, 0.5) is 5.69 Å². The van der Waals surface area contributed by atoms with Gasteiger partial charge in [0.1, 0.15) is 0 Å². The minimum atomic E-state index is 0. The van der Waals surface area contributed by atoms with Crippen LogP contribution in [-0.2, 0) is 4.79 Å². The van der Waals surface area contributed by atoms with E-state index in [-0.39, 0.29) is 62.7 Å². The van der Waals surface area contributed by atoms with Gasteiger partial charge in [0, 0.05) is 13.0 Å². The normalized spacial score (nSPS) is 22.1. The zero-order valence-electron chi connectivity index (χ0n) is 12.6. The summed E-state index contributed by atoms with van der Waals surface area (Å²) < 4.78 is 0. The molecule has 0 aliphatic carbocycles. The first kappa shape index (κ1) is 16.7. The SMILES string of the molecule is CCN1CCC2(CC1)CC(=O)N(c1cc[c-]cc1)C2.[K+]. The molecule has 3 rings (SSSR count). The van der Waals surface area contributed by atoms with Crippen molar-refractivity contribution in [2.24, 2.45) is 5.41 Å². The summed E-state index contributed by atoms with van der Waals surface area (Å²) in [5.74, 6) is 0.288. The van der Waals surface area contributed by atoms with Crippen molar-refractivity contribution in [2.75, 3.05) is 31.1 Å². The van der Waals surface area contributed by atoms with Gasteiger partial charge in [-0.05, 0) is 37.9 Å². The summed E-state index contributed by atoms with van der Waals surface area (Å²) in [5.41, 5.74) is 1.25. The first-order valence-corrected chi connectivity index (χ1v) is 7.21. The molecule has 102 valence electrons. The zero-order chi connectivity index (χ0) is 13.3. The molecule has 1 spiro atoms. The second-order valence-corrected chi connectivity index (χ2v) is 5.85. The van der Waals surface area contributed by atoms with Crippen LogP contribution < -0.4 is 56.3 Å². The molecule has 2 fully saturated rings. The smallest absolute Gasteiger partial charge is 0.335 e. The third-order valence-corrected chi connectivity index (χ3v) is 4.70. The van der Waals surface area contributed by atoms with Crippen LogP contribution in [-0.4, -0.2) is 37.0 Å². The molecule has 2 heterocycles. The number of anilines is 1. The van der Waals surface area contributed by atoms with Crippen LogP contribution in [0.1, 0.15) is 26.2 Å². The van der Waals surface area contributed by atoms with E-state index < -0.39 is 0 Å². The second-order valence-electron chi connectivity index (χ2n) is 5.85. The number of carbonyl (C=O) groups is 1. The molecule has 0 N–H and O–H groups in total. The fraction of sp³-hybridized carbons (Fsp3) is 0.562. The molecule has 0 unspecified atom stereocenters. The summed E-state index contributed by atoms with van der Waals surface area (Å²) in [7, 11) is 0. The van der Waals surface area contributed by atoms with E-state index in [4.69, 9.17) is 0 Å². The first-order valence-electron chi connectivity index (χ1n) is 7.21.